The smallest absolute Gasteiger partial charge is 0.266 e. The van der Waals surface area contributed by atoms with E-state index in [1.54, 1.807) is 24.1 Å². The number of hydrogen-bond donors (Lipinski definition) is 0. The van der Waals surface area contributed by atoms with Gasteiger partial charge >= 0.3 is 0 Å². The summed E-state index contributed by atoms with van der Waals surface area (Å²) in [7, 11) is 5.52. The van der Waals surface area contributed by atoms with Crippen LogP contribution in [-0.4, -0.2) is 56.7 Å². The summed E-state index contributed by atoms with van der Waals surface area (Å²) in [5, 5.41) is 1.16. The van der Waals surface area contributed by atoms with Crippen molar-refractivity contribution in [3.63, 3.8) is 0 Å². The monoisotopic (exact) mass is 469 g/mol. The summed E-state index contributed by atoms with van der Waals surface area (Å²) in [5.74, 6) is 1.16. The highest BCUT2D eigenvalue weighted by Crippen LogP contribution is 2.38. The summed E-state index contributed by atoms with van der Waals surface area (Å²) in [6, 6.07) is 11.2. The first-order chi connectivity index (χ1) is 13.9. The number of anilines is 1. The molecule has 0 aliphatic rings. The summed E-state index contributed by atoms with van der Waals surface area (Å²) in [5.41, 5.74) is 1.64. The Labute approximate surface area is 191 Å². The first-order valence-corrected chi connectivity index (χ1v) is 10.4. The lowest BCUT2D eigenvalue weighted by atomic mass is 10.2. The maximum atomic E-state index is 13.0. The molecule has 0 N–H and O–H groups in total. The Morgan fingerprint density at radius 2 is 1.87 bits per heavy atom. The topological polar surface area (TPSA) is 54.9 Å². The molecule has 0 unspecified atom stereocenters. The summed E-state index contributed by atoms with van der Waals surface area (Å²) >= 11 is 7.72. The molecule has 0 saturated heterocycles. The molecular formula is C21H25Cl2N3O3S. The Morgan fingerprint density at radius 1 is 1.13 bits per heavy atom. The van der Waals surface area contributed by atoms with Crippen molar-refractivity contribution in [3.05, 3.63) is 47.0 Å². The molecule has 30 heavy (non-hydrogen) atoms. The lowest BCUT2D eigenvalue weighted by Crippen LogP contribution is -2.39. The first-order valence-electron chi connectivity index (χ1n) is 9.17. The third kappa shape index (κ3) is 5.55. The fraction of sp³-hybridized carbons (Fsp3) is 0.333. The van der Waals surface area contributed by atoms with E-state index in [9.17, 15) is 4.79 Å². The number of ether oxygens (including phenoxy) is 2. The van der Waals surface area contributed by atoms with Crippen LogP contribution >= 0.6 is 35.3 Å². The van der Waals surface area contributed by atoms with E-state index in [-0.39, 0.29) is 24.9 Å². The van der Waals surface area contributed by atoms with Gasteiger partial charge in [0.05, 0.1) is 16.8 Å². The van der Waals surface area contributed by atoms with Gasteiger partial charge in [0.25, 0.3) is 5.91 Å². The third-order valence-corrected chi connectivity index (χ3v) is 5.95. The van der Waals surface area contributed by atoms with Gasteiger partial charge in [-0.05, 0) is 44.8 Å². The molecule has 1 heterocycles. The first kappa shape index (κ1) is 24.2. The van der Waals surface area contributed by atoms with E-state index in [0.717, 1.165) is 10.3 Å². The number of nitrogens with zero attached hydrogens (tertiary/aromatic N) is 3. The fourth-order valence-corrected chi connectivity index (χ4v) is 4.08. The van der Waals surface area contributed by atoms with E-state index < -0.39 is 0 Å². The van der Waals surface area contributed by atoms with E-state index >= 15 is 0 Å². The maximum Gasteiger partial charge on any atom is 0.266 e. The molecular weight excluding hydrogens is 445 g/mol. The number of carbonyl (C=O) groups excluding carboxylic acids is 1. The highest BCUT2D eigenvalue weighted by Gasteiger charge is 2.22. The van der Waals surface area contributed by atoms with Crippen LogP contribution in [0, 0.1) is 6.92 Å². The van der Waals surface area contributed by atoms with Crippen LogP contribution in [0.1, 0.15) is 5.56 Å². The molecule has 0 atom stereocenters. The van der Waals surface area contributed by atoms with Crippen LogP contribution in [0.15, 0.2) is 36.4 Å². The van der Waals surface area contributed by atoms with Gasteiger partial charge in [-0.3, -0.25) is 9.69 Å². The standard InChI is InChI=1S/C21H24ClN3O3S.ClH/c1-14-7-5-6-8-16(14)28-13-18(26)25(12-11-24(2)3)21-23-19-17(27-4)10-9-15(22)20(19)29-21;/h5-10H,11-13H2,1-4H3;1H. The van der Waals surface area contributed by atoms with Gasteiger partial charge in [-0.25, -0.2) is 4.98 Å². The Bertz CT molecular complexity index is 1010. The van der Waals surface area contributed by atoms with Gasteiger partial charge in [0.1, 0.15) is 17.0 Å². The number of methoxy groups -OCH3 is 1. The van der Waals surface area contributed by atoms with Crippen molar-refractivity contribution in [1.29, 1.82) is 0 Å². The van der Waals surface area contributed by atoms with E-state index in [4.69, 9.17) is 21.1 Å². The number of thiazole rings is 1. The zero-order chi connectivity index (χ0) is 21.0. The fourth-order valence-electron chi connectivity index (χ4n) is 2.78. The molecule has 6 nitrogen and oxygen atoms in total. The third-order valence-electron chi connectivity index (χ3n) is 4.41. The number of fused-ring (bicyclic) bond motifs is 1. The molecule has 0 aliphatic carbocycles. The highest BCUT2D eigenvalue weighted by molar-refractivity contribution is 7.23. The molecule has 3 aromatic rings. The molecule has 2 aromatic carbocycles. The van der Waals surface area contributed by atoms with Crippen LogP contribution in [0.2, 0.25) is 5.02 Å². The summed E-state index contributed by atoms with van der Waals surface area (Å²) in [6.07, 6.45) is 0. The van der Waals surface area contributed by atoms with Gasteiger partial charge in [0, 0.05) is 13.1 Å². The molecule has 9 heteroatoms. The van der Waals surface area contributed by atoms with Gasteiger partial charge in [-0.1, -0.05) is 41.1 Å². The summed E-state index contributed by atoms with van der Waals surface area (Å²) in [6.45, 7) is 3.06. The lowest BCUT2D eigenvalue weighted by Gasteiger charge is -2.22. The maximum absolute atomic E-state index is 13.0. The van der Waals surface area contributed by atoms with Crippen molar-refractivity contribution in [3.8, 4) is 11.5 Å². The quantitative estimate of drug-likeness (QED) is 0.479. The second kappa shape index (κ2) is 10.8. The Morgan fingerprint density at radius 3 is 2.53 bits per heavy atom. The Hall–Kier alpha value is -2.06. The second-order valence-corrected chi connectivity index (χ2v) is 8.21. The minimum atomic E-state index is -0.163. The predicted octanol–water partition coefficient (Wildman–Crippen LogP) is 4.66. The zero-order valence-corrected chi connectivity index (χ0v) is 19.7. The largest absolute Gasteiger partial charge is 0.494 e. The molecule has 0 spiro atoms. The van der Waals surface area contributed by atoms with Crippen molar-refractivity contribution >= 4 is 56.6 Å². The van der Waals surface area contributed by atoms with Crippen molar-refractivity contribution in [2.45, 2.75) is 6.92 Å². The average molecular weight is 470 g/mol. The summed E-state index contributed by atoms with van der Waals surface area (Å²) < 4.78 is 12.0. The van der Waals surface area contributed by atoms with Crippen LogP contribution in [0.3, 0.4) is 0 Å². The number of aromatic nitrogens is 1. The number of hydrogen-bond acceptors (Lipinski definition) is 6. The van der Waals surface area contributed by atoms with Crippen molar-refractivity contribution in [1.82, 2.24) is 9.88 Å². The van der Waals surface area contributed by atoms with E-state index in [1.807, 2.05) is 50.2 Å². The minimum absolute atomic E-state index is 0. The number of halogens is 2. The molecule has 1 amide bonds. The van der Waals surface area contributed by atoms with Gasteiger partial charge in [-0.15, -0.1) is 12.4 Å². The molecule has 0 saturated carbocycles. The Balaban J connectivity index is 0.00000320. The van der Waals surface area contributed by atoms with Gasteiger partial charge in [-0.2, -0.15) is 0 Å². The minimum Gasteiger partial charge on any atom is -0.494 e. The van der Waals surface area contributed by atoms with Crippen LogP contribution in [0.5, 0.6) is 11.5 Å². The number of benzene rings is 2. The normalized spacial score (nSPS) is 10.7. The van der Waals surface area contributed by atoms with Crippen LogP contribution in [0.4, 0.5) is 5.13 Å². The van der Waals surface area contributed by atoms with Crippen LogP contribution < -0.4 is 14.4 Å². The molecule has 1 aromatic heterocycles. The zero-order valence-electron chi connectivity index (χ0n) is 17.3. The van der Waals surface area contributed by atoms with E-state index in [1.165, 1.54) is 11.3 Å². The van der Waals surface area contributed by atoms with Crippen molar-refractivity contribution in [2.75, 3.05) is 45.8 Å². The van der Waals surface area contributed by atoms with E-state index in [2.05, 4.69) is 4.98 Å². The number of rotatable bonds is 8. The molecule has 0 bridgehead atoms. The molecule has 162 valence electrons. The number of carbonyl (C=O) groups is 1. The Kier molecular flexibility index (Phi) is 8.73. The summed E-state index contributed by atoms with van der Waals surface area (Å²) in [4.78, 5) is 21.4. The van der Waals surface area contributed by atoms with Crippen LogP contribution in [0.25, 0.3) is 10.2 Å². The molecule has 3 rings (SSSR count). The number of para-hydroxylation sites is 1. The molecule has 0 radical (unpaired) electrons. The number of aryl methyl sites for hydroxylation is 1. The van der Waals surface area contributed by atoms with Crippen molar-refractivity contribution < 1.29 is 14.3 Å². The highest BCUT2D eigenvalue weighted by atomic mass is 35.5. The van der Waals surface area contributed by atoms with Gasteiger partial charge < -0.3 is 14.4 Å². The van der Waals surface area contributed by atoms with Crippen molar-refractivity contribution in [2.24, 2.45) is 0 Å². The van der Waals surface area contributed by atoms with E-state index in [0.29, 0.717) is 40.3 Å². The van der Waals surface area contributed by atoms with Gasteiger partial charge in [0.2, 0.25) is 0 Å². The number of amides is 1. The lowest BCUT2D eigenvalue weighted by molar-refractivity contribution is -0.120. The molecule has 0 fully saturated rings. The second-order valence-electron chi connectivity index (χ2n) is 6.83. The van der Waals surface area contributed by atoms with Crippen LogP contribution in [-0.2, 0) is 4.79 Å². The average Bonchev–Trinajstić information content (AvgIpc) is 3.13. The SMILES string of the molecule is COc1ccc(Cl)c2sc(N(CCN(C)C)C(=O)COc3ccccc3C)nc12.Cl. The molecule has 0 aliphatic heterocycles. The van der Waals surface area contributed by atoms with Gasteiger partial charge in [0.15, 0.2) is 11.7 Å². The predicted molar refractivity (Wildman–Crippen MR) is 126 cm³/mol. The number of likely N-dealkylation sites (N-methyl/N-ethyl adjacent to an activating group) is 1.